The van der Waals surface area contributed by atoms with Crippen LogP contribution < -0.4 is 21.7 Å². The number of aryl methyl sites for hydroxylation is 1. The van der Waals surface area contributed by atoms with Crippen molar-refractivity contribution < 1.29 is 26.8 Å². The minimum Gasteiger partial charge on any atom is -1.00 e. The first kappa shape index (κ1) is 14.6. The van der Waals surface area contributed by atoms with E-state index >= 15 is 0 Å². The average Bonchev–Trinajstić information content (AvgIpc) is 2.82. The van der Waals surface area contributed by atoms with E-state index in [1.54, 1.807) is 7.11 Å². The van der Waals surface area contributed by atoms with E-state index in [2.05, 4.69) is 17.1 Å². The maximum absolute atomic E-state index is 9.15. The summed E-state index contributed by atoms with van der Waals surface area (Å²) in [4.78, 5) is 3.44. The molecule has 106 valence electrons. The van der Waals surface area contributed by atoms with Gasteiger partial charge in [0.25, 0.3) is 0 Å². The molecule has 0 fully saturated rings. The van der Waals surface area contributed by atoms with Crippen LogP contribution in [0.4, 0.5) is 0 Å². The van der Waals surface area contributed by atoms with Crippen molar-refractivity contribution in [2.24, 2.45) is 0 Å². The van der Waals surface area contributed by atoms with Gasteiger partial charge in [0.1, 0.15) is 12.1 Å². The van der Waals surface area contributed by atoms with Crippen molar-refractivity contribution in [3.63, 3.8) is 0 Å². The summed E-state index contributed by atoms with van der Waals surface area (Å²) in [6, 6.07) is 8.19. The number of pyridine rings is 1. The number of nitrogens with zero attached hydrogens (tertiary/aromatic N) is 1. The predicted molar refractivity (Wildman–Crippen MR) is 74.4 cm³/mol. The van der Waals surface area contributed by atoms with Crippen molar-refractivity contribution in [2.45, 2.75) is 13.5 Å². The van der Waals surface area contributed by atoms with Crippen molar-refractivity contribution in [2.75, 3.05) is 13.7 Å². The van der Waals surface area contributed by atoms with Gasteiger partial charge in [0.2, 0.25) is 11.9 Å². The SMILES string of the molecule is COc1c[n+](CCO)c(C)c2[nH]c3ccccc3c12.[Cl-]. The van der Waals surface area contributed by atoms with Gasteiger partial charge in [-0.3, -0.25) is 0 Å². The van der Waals surface area contributed by atoms with Crippen molar-refractivity contribution in [3.05, 3.63) is 36.2 Å². The van der Waals surface area contributed by atoms with E-state index < -0.39 is 0 Å². The quantitative estimate of drug-likeness (QED) is 0.604. The van der Waals surface area contributed by atoms with Crippen molar-refractivity contribution in [1.82, 2.24) is 4.98 Å². The molecule has 5 heteroatoms. The molecule has 0 unspecified atom stereocenters. The predicted octanol–water partition coefficient (Wildman–Crippen LogP) is -1.08. The number of benzene rings is 1. The largest absolute Gasteiger partial charge is 1.00 e. The number of fused-ring (bicyclic) bond motifs is 3. The number of rotatable bonds is 3. The summed E-state index contributed by atoms with van der Waals surface area (Å²) in [5.74, 6) is 0.825. The highest BCUT2D eigenvalue weighted by Crippen LogP contribution is 2.32. The van der Waals surface area contributed by atoms with Gasteiger partial charge in [-0.05, 0) is 6.07 Å². The van der Waals surface area contributed by atoms with Crippen LogP contribution in [-0.4, -0.2) is 23.8 Å². The van der Waals surface area contributed by atoms with E-state index in [1.807, 2.05) is 29.8 Å². The molecule has 0 atom stereocenters. The molecule has 0 amide bonds. The molecule has 2 heterocycles. The molecule has 4 nitrogen and oxygen atoms in total. The summed E-state index contributed by atoms with van der Waals surface area (Å²) in [5, 5.41) is 11.4. The highest BCUT2D eigenvalue weighted by Gasteiger charge is 2.19. The number of nitrogens with one attached hydrogen (secondary N) is 1. The highest BCUT2D eigenvalue weighted by molar-refractivity contribution is 6.10. The van der Waals surface area contributed by atoms with E-state index in [0.717, 1.165) is 33.2 Å². The number of ether oxygens (including phenoxy) is 1. The Labute approximate surface area is 123 Å². The van der Waals surface area contributed by atoms with E-state index in [1.165, 1.54) is 0 Å². The fraction of sp³-hybridized carbons (Fsp3) is 0.267. The van der Waals surface area contributed by atoms with Gasteiger partial charge in [-0.25, -0.2) is 0 Å². The Balaban J connectivity index is 0.00000147. The first-order valence-electron chi connectivity index (χ1n) is 6.34. The smallest absolute Gasteiger partial charge is 0.212 e. The maximum Gasteiger partial charge on any atom is 0.212 e. The first-order chi connectivity index (χ1) is 9.26. The molecule has 0 saturated heterocycles. The van der Waals surface area contributed by atoms with Crippen LogP contribution in [-0.2, 0) is 6.54 Å². The lowest BCUT2D eigenvalue weighted by atomic mass is 10.1. The molecular weight excluding hydrogens is 276 g/mol. The highest BCUT2D eigenvalue weighted by atomic mass is 35.5. The summed E-state index contributed by atoms with van der Waals surface area (Å²) in [7, 11) is 1.68. The molecule has 3 rings (SSSR count). The molecule has 0 aliphatic heterocycles. The molecule has 2 aromatic heterocycles. The minimum atomic E-state index is 0. The monoisotopic (exact) mass is 292 g/mol. The van der Waals surface area contributed by atoms with E-state index in [0.29, 0.717) is 6.54 Å². The van der Waals surface area contributed by atoms with Gasteiger partial charge in [0.15, 0.2) is 12.3 Å². The standard InChI is InChI=1S/C15H16N2O2.ClH/c1-10-15-14(11-5-3-4-6-12(11)16-15)13(19-2)9-17(10)7-8-18;/h3-6,9,18H,7-8H2,1-2H3;1H. The zero-order chi connectivity index (χ0) is 13.4. The van der Waals surface area contributed by atoms with Crippen LogP contribution in [0.2, 0.25) is 0 Å². The summed E-state index contributed by atoms with van der Waals surface area (Å²) >= 11 is 0. The number of aromatic amines is 1. The number of aliphatic hydroxyl groups is 1. The number of aromatic nitrogens is 2. The Kier molecular flexibility index (Phi) is 4.16. The lowest BCUT2D eigenvalue weighted by Gasteiger charge is -2.05. The van der Waals surface area contributed by atoms with Gasteiger partial charge in [-0.1, -0.05) is 18.2 Å². The number of para-hydroxylation sites is 1. The normalized spacial score (nSPS) is 10.8. The second-order valence-electron chi connectivity index (χ2n) is 4.62. The first-order valence-corrected chi connectivity index (χ1v) is 6.34. The molecular formula is C15H17ClN2O2. The molecule has 0 spiro atoms. The van der Waals surface area contributed by atoms with E-state index in [4.69, 9.17) is 9.84 Å². The fourth-order valence-corrected chi connectivity index (χ4v) is 2.61. The van der Waals surface area contributed by atoms with Gasteiger partial charge in [0, 0.05) is 17.8 Å². The van der Waals surface area contributed by atoms with Crippen LogP contribution in [0.15, 0.2) is 30.5 Å². The molecule has 2 N–H and O–H groups in total. The van der Waals surface area contributed by atoms with E-state index in [9.17, 15) is 0 Å². The van der Waals surface area contributed by atoms with Gasteiger partial charge in [-0.2, -0.15) is 4.57 Å². The lowest BCUT2D eigenvalue weighted by molar-refractivity contribution is -0.702. The molecule has 0 aliphatic carbocycles. The van der Waals surface area contributed by atoms with E-state index in [-0.39, 0.29) is 19.0 Å². The molecule has 0 aliphatic rings. The number of methoxy groups -OCH3 is 1. The number of hydrogen-bond donors (Lipinski definition) is 2. The second kappa shape index (κ2) is 5.69. The van der Waals surface area contributed by atoms with Crippen molar-refractivity contribution >= 4 is 21.8 Å². The fourth-order valence-electron chi connectivity index (χ4n) is 2.61. The van der Waals surface area contributed by atoms with Crippen LogP contribution >= 0.6 is 0 Å². The molecule has 1 aromatic carbocycles. The van der Waals surface area contributed by atoms with Gasteiger partial charge in [0.05, 0.1) is 12.5 Å². The van der Waals surface area contributed by atoms with Crippen LogP contribution in [0.3, 0.4) is 0 Å². The molecule has 3 aromatic rings. The number of halogens is 1. The third-order valence-electron chi connectivity index (χ3n) is 3.58. The Hall–Kier alpha value is -1.78. The molecule has 0 radical (unpaired) electrons. The summed E-state index contributed by atoms with van der Waals surface area (Å²) in [5.41, 5.74) is 3.26. The van der Waals surface area contributed by atoms with Crippen LogP contribution in [0.1, 0.15) is 5.69 Å². The van der Waals surface area contributed by atoms with Crippen LogP contribution in [0.25, 0.3) is 21.8 Å². The van der Waals surface area contributed by atoms with Crippen molar-refractivity contribution in [1.29, 1.82) is 0 Å². The minimum absolute atomic E-state index is 0. The zero-order valence-electron chi connectivity index (χ0n) is 11.5. The van der Waals surface area contributed by atoms with Gasteiger partial charge in [-0.15, -0.1) is 0 Å². The third-order valence-corrected chi connectivity index (χ3v) is 3.58. The Morgan fingerprint density at radius 1 is 1.30 bits per heavy atom. The second-order valence-corrected chi connectivity index (χ2v) is 4.62. The summed E-state index contributed by atoms with van der Waals surface area (Å²) in [6.07, 6.45) is 1.95. The third kappa shape index (κ3) is 2.11. The Morgan fingerprint density at radius 3 is 2.75 bits per heavy atom. The maximum atomic E-state index is 9.15. The summed E-state index contributed by atoms with van der Waals surface area (Å²) in [6.45, 7) is 2.72. The number of aliphatic hydroxyl groups excluding tert-OH is 1. The average molecular weight is 293 g/mol. The van der Waals surface area contributed by atoms with Crippen LogP contribution in [0, 0.1) is 6.92 Å². The van der Waals surface area contributed by atoms with Gasteiger partial charge < -0.3 is 27.2 Å². The molecule has 0 saturated carbocycles. The Bertz CT molecular complexity index is 752. The Morgan fingerprint density at radius 2 is 2.05 bits per heavy atom. The van der Waals surface area contributed by atoms with Crippen molar-refractivity contribution in [3.8, 4) is 5.75 Å². The number of hydrogen-bond acceptors (Lipinski definition) is 2. The zero-order valence-corrected chi connectivity index (χ0v) is 12.2. The van der Waals surface area contributed by atoms with Gasteiger partial charge >= 0.3 is 0 Å². The lowest BCUT2D eigenvalue weighted by Crippen LogP contribution is -3.00. The number of H-pyrrole nitrogens is 1. The molecule has 0 bridgehead atoms. The van der Waals surface area contributed by atoms with Crippen LogP contribution in [0.5, 0.6) is 5.75 Å². The topological polar surface area (TPSA) is 49.1 Å². The molecule has 20 heavy (non-hydrogen) atoms. The summed E-state index contributed by atoms with van der Waals surface area (Å²) < 4.78 is 7.52.